The highest BCUT2D eigenvalue weighted by molar-refractivity contribution is 14.1. The zero-order valence-corrected chi connectivity index (χ0v) is 13.0. The van der Waals surface area contributed by atoms with Crippen molar-refractivity contribution in [2.75, 3.05) is 5.73 Å². The quantitative estimate of drug-likeness (QED) is 0.782. The number of aromatic nitrogens is 2. The van der Waals surface area contributed by atoms with Gasteiger partial charge in [0.2, 0.25) is 0 Å². The maximum absolute atomic E-state index is 5.84. The molecule has 0 unspecified atom stereocenters. The maximum atomic E-state index is 5.84. The van der Waals surface area contributed by atoms with Crippen molar-refractivity contribution in [3.63, 3.8) is 0 Å². The third-order valence-corrected chi connectivity index (χ3v) is 4.17. The number of benzene rings is 1. The molecule has 0 bridgehead atoms. The maximum Gasteiger partial charge on any atom is 0.140 e. The van der Waals surface area contributed by atoms with E-state index in [0.29, 0.717) is 12.2 Å². The normalized spacial score (nSPS) is 10.5. The molecule has 0 fully saturated rings. The Bertz CT molecular complexity index is 534. The van der Waals surface area contributed by atoms with Gasteiger partial charge in [0.25, 0.3) is 0 Å². The molecule has 1 heterocycles. The number of rotatable bonds is 2. The Hall–Kier alpha value is -0.690. The number of nitrogens with zero attached hydrogens (tertiary/aromatic N) is 2. The first-order chi connectivity index (χ1) is 8.06. The number of hydrogen-bond acceptors (Lipinski definition) is 3. The van der Waals surface area contributed by atoms with Crippen LogP contribution in [0.1, 0.15) is 17.1 Å². The molecule has 0 saturated heterocycles. The fourth-order valence-corrected chi connectivity index (χ4v) is 2.24. The molecule has 2 rings (SSSR count). The summed E-state index contributed by atoms with van der Waals surface area (Å²) in [5.41, 5.74) is 7.94. The Morgan fingerprint density at radius 3 is 2.76 bits per heavy atom. The molecule has 2 aromatic rings. The highest BCUT2D eigenvalue weighted by Crippen LogP contribution is 2.18. The fraction of sp³-hybridized carbons (Fsp3) is 0.167. The van der Waals surface area contributed by atoms with E-state index in [0.717, 1.165) is 19.6 Å². The zero-order chi connectivity index (χ0) is 12.4. The number of anilines is 1. The van der Waals surface area contributed by atoms with Gasteiger partial charge < -0.3 is 5.73 Å². The first-order valence-electron chi connectivity index (χ1n) is 5.09. The van der Waals surface area contributed by atoms with Crippen LogP contribution in [0, 0.1) is 10.5 Å². The number of nitrogens with two attached hydrogens (primary N) is 1. The molecule has 0 aliphatic carbocycles. The van der Waals surface area contributed by atoms with Gasteiger partial charge in [-0.25, -0.2) is 9.97 Å². The van der Waals surface area contributed by atoms with Crippen LogP contribution in [0.4, 0.5) is 5.82 Å². The molecular weight excluding hydrogens is 393 g/mol. The Morgan fingerprint density at radius 1 is 1.35 bits per heavy atom. The smallest absolute Gasteiger partial charge is 0.140 e. The largest absolute Gasteiger partial charge is 0.383 e. The van der Waals surface area contributed by atoms with Crippen LogP contribution >= 0.6 is 38.5 Å². The van der Waals surface area contributed by atoms with E-state index in [1.807, 2.05) is 19.1 Å². The van der Waals surface area contributed by atoms with Crippen LogP contribution in [-0.4, -0.2) is 9.97 Å². The fourth-order valence-electron chi connectivity index (χ4n) is 1.55. The van der Waals surface area contributed by atoms with Gasteiger partial charge in [-0.15, -0.1) is 0 Å². The number of nitrogen functional groups attached to an aromatic ring is 1. The average Bonchev–Trinajstić information content (AvgIpc) is 2.26. The van der Waals surface area contributed by atoms with E-state index in [9.17, 15) is 0 Å². The number of halogens is 2. The second-order valence-corrected chi connectivity index (χ2v) is 5.73. The van der Waals surface area contributed by atoms with Gasteiger partial charge in [0.05, 0.1) is 9.26 Å². The Kier molecular flexibility index (Phi) is 3.98. The third-order valence-electron chi connectivity index (χ3n) is 2.34. The summed E-state index contributed by atoms with van der Waals surface area (Å²) < 4.78 is 1.99. The molecular formula is C12H11BrIN3. The van der Waals surface area contributed by atoms with Crippen LogP contribution in [-0.2, 0) is 6.42 Å². The minimum Gasteiger partial charge on any atom is -0.383 e. The Balaban J connectivity index is 2.31. The van der Waals surface area contributed by atoms with E-state index >= 15 is 0 Å². The number of aryl methyl sites for hydroxylation is 1. The molecule has 0 aliphatic rings. The predicted octanol–water partition coefficient (Wildman–Crippen LogP) is 3.33. The minimum absolute atomic E-state index is 0.558. The molecule has 0 atom stereocenters. The molecule has 3 nitrogen and oxygen atoms in total. The summed E-state index contributed by atoms with van der Waals surface area (Å²) in [5.74, 6) is 1.32. The Morgan fingerprint density at radius 2 is 2.12 bits per heavy atom. The highest BCUT2D eigenvalue weighted by atomic mass is 127. The topological polar surface area (TPSA) is 51.8 Å². The average molecular weight is 404 g/mol. The van der Waals surface area contributed by atoms with Crippen LogP contribution in [0.15, 0.2) is 28.7 Å². The van der Waals surface area contributed by atoms with Crippen molar-refractivity contribution in [2.24, 2.45) is 0 Å². The zero-order valence-electron chi connectivity index (χ0n) is 9.24. The highest BCUT2D eigenvalue weighted by Gasteiger charge is 2.07. The van der Waals surface area contributed by atoms with Gasteiger partial charge in [-0.2, -0.15) is 0 Å². The standard InChI is InChI=1S/C12H11BrIN3/c1-7-11(14)12(15)17-10(16-7)6-8-3-2-4-9(13)5-8/h2-5H,6H2,1H3,(H2,15,16,17). The molecule has 0 saturated carbocycles. The monoisotopic (exact) mass is 403 g/mol. The Labute approximate surface area is 122 Å². The van der Waals surface area contributed by atoms with Gasteiger partial charge in [0.1, 0.15) is 11.6 Å². The van der Waals surface area contributed by atoms with E-state index in [1.54, 1.807) is 0 Å². The SMILES string of the molecule is Cc1nc(Cc2cccc(Br)c2)nc(N)c1I. The molecule has 1 aromatic heterocycles. The summed E-state index contributed by atoms with van der Waals surface area (Å²) in [4.78, 5) is 8.75. The van der Waals surface area contributed by atoms with Crippen LogP contribution in [0.5, 0.6) is 0 Å². The third kappa shape index (κ3) is 3.16. The minimum atomic E-state index is 0.558. The van der Waals surface area contributed by atoms with Crippen molar-refractivity contribution >= 4 is 44.3 Å². The lowest BCUT2D eigenvalue weighted by Gasteiger charge is -2.06. The van der Waals surface area contributed by atoms with Crippen molar-refractivity contribution in [3.8, 4) is 0 Å². The molecule has 0 radical (unpaired) electrons. The molecule has 5 heteroatoms. The summed E-state index contributed by atoms with van der Waals surface area (Å²) in [6.45, 7) is 1.95. The van der Waals surface area contributed by atoms with Gasteiger partial charge >= 0.3 is 0 Å². The van der Waals surface area contributed by atoms with Crippen molar-refractivity contribution in [1.29, 1.82) is 0 Å². The van der Waals surface area contributed by atoms with Gasteiger partial charge in [0.15, 0.2) is 0 Å². The van der Waals surface area contributed by atoms with E-state index in [1.165, 1.54) is 5.56 Å². The molecule has 1 aromatic carbocycles. The number of hydrogen-bond donors (Lipinski definition) is 1. The lowest BCUT2D eigenvalue weighted by molar-refractivity contribution is 0.939. The summed E-state index contributed by atoms with van der Waals surface area (Å²) >= 11 is 5.61. The molecule has 0 aliphatic heterocycles. The van der Waals surface area contributed by atoms with E-state index in [-0.39, 0.29) is 0 Å². The van der Waals surface area contributed by atoms with Gasteiger partial charge in [-0.05, 0) is 47.2 Å². The van der Waals surface area contributed by atoms with Crippen LogP contribution in [0.2, 0.25) is 0 Å². The predicted molar refractivity (Wildman–Crippen MR) is 80.8 cm³/mol. The molecule has 88 valence electrons. The van der Waals surface area contributed by atoms with Crippen molar-refractivity contribution in [2.45, 2.75) is 13.3 Å². The lowest BCUT2D eigenvalue weighted by Crippen LogP contribution is -2.05. The van der Waals surface area contributed by atoms with Crippen LogP contribution in [0.25, 0.3) is 0 Å². The lowest BCUT2D eigenvalue weighted by atomic mass is 10.1. The van der Waals surface area contributed by atoms with Crippen molar-refractivity contribution in [1.82, 2.24) is 9.97 Å². The second kappa shape index (κ2) is 5.30. The molecule has 0 amide bonds. The second-order valence-electron chi connectivity index (χ2n) is 3.73. The summed E-state index contributed by atoms with van der Waals surface area (Å²) in [7, 11) is 0. The summed E-state index contributed by atoms with van der Waals surface area (Å²) in [5, 5.41) is 0. The van der Waals surface area contributed by atoms with Gasteiger partial charge in [0, 0.05) is 10.9 Å². The van der Waals surface area contributed by atoms with Crippen molar-refractivity contribution < 1.29 is 0 Å². The summed E-state index contributed by atoms with van der Waals surface area (Å²) in [6.07, 6.45) is 0.696. The van der Waals surface area contributed by atoms with Gasteiger partial charge in [-0.3, -0.25) is 0 Å². The van der Waals surface area contributed by atoms with E-state index in [4.69, 9.17) is 5.73 Å². The molecule has 17 heavy (non-hydrogen) atoms. The van der Waals surface area contributed by atoms with Crippen molar-refractivity contribution in [3.05, 3.63) is 49.4 Å². The van der Waals surface area contributed by atoms with E-state index < -0.39 is 0 Å². The van der Waals surface area contributed by atoms with Crippen LogP contribution < -0.4 is 5.73 Å². The summed E-state index contributed by atoms with van der Waals surface area (Å²) in [6, 6.07) is 8.12. The van der Waals surface area contributed by atoms with Gasteiger partial charge in [-0.1, -0.05) is 28.1 Å². The first kappa shape index (κ1) is 12.8. The van der Waals surface area contributed by atoms with E-state index in [2.05, 4.69) is 60.6 Å². The first-order valence-corrected chi connectivity index (χ1v) is 6.96. The molecule has 0 spiro atoms. The molecule has 2 N–H and O–H groups in total. The van der Waals surface area contributed by atoms with Crippen LogP contribution in [0.3, 0.4) is 0 Å².